The van der Waals surface area contributed by atoms with E-state index >= 15 is 0 Å². The molecule has 0 unspecified atom stereocenters. The minimum Gasteiger partial charge on any atom is -0.332 e. The number of hydrogen-bond donors (Lipinski definition) is 0. The lowest BCUT2D eigenvalue weighted by atomic mass is 10.0. The van der Waals surface area contributed by atoms with E-state index in [-0.39, 0.29) is 36.3 Å². The minimum atomic E-state index is -3.67. The van der Waals surface area contributed by atoms with Gasteiger partial charge < -0.3 is 9.80 Å². The monoisotopic (exact) mass is 420 g/mol. The molecule has 0 radical (unpaired) electrons. The number of carbonyl (C=O) groups is 2. The average molecular weight is 421 g/mol. The molecule has 0 aromatic carbocycles. The van der Waals surface area contributed by atoms with Crippen molar-refractivity contribution in [3.63, 3.8) is 0 Å². The second kappa shape index (κ2) is 6.94. The maximum absolute atomic E-state index is 12.9. The molecular formula is C18H20N4O4S2. The largest absolute Gasteiger partial charge is 0.332 e. The molecule has 8 nitrogen and oxygen atoms in total. The summed E-state index contributed by atoms with van der Waals surface area (Å²) in [5.41, 5.74) is 1.41. The molecule has 10 heteroatoms. The Morgan fingerprint density at radius 2 is 2.04 bits per heavy atom. The van der Waals surface area contributed by atoms with Crippen LogP contribution >= 0.6 is 11.3 Å². The third-order valence-corrected chi connectivity index (χ3v) is 8.14. The molecule has 0 aliphatic carbocycles. The van der Waals surface area contributed by atoms with Crippen LogP contribution in [-0.4, -0.2) is 61.1 Å². The predicted octanol–water partition coefficient (Wildman–Crippen LogP) is 1.33. The third kappa shape index (κ3) is 2.92. The van der Waals surface area contributed by atoms with E-state index in [0.717, 1.165) is 10.4 Å². The van der Waals surface area contributed by atoms with Crippen molar-refractivity contribution in [3.05, 3.63) is 40.5 Å². The highest BCUT2D eigenvalue weighted by molar-refractivity contribution is 7.89. The predicted molar refractivity (Wildman–Crippen MR) is 105 cm³/mol. The number of amides is 2. The van der Waals surface area contributed by atoms with Crippen LogP contribution in [0, 0.1) is 0 Å². The zero-order valence-electron chi connectivity index (χ0n) is 15.6. The van der Waals surface area contributed by atoms with E-state index in [1.54, 1.807) is 18.0 Å². The molecule has 0 saturated heterocycles. The Morgan fingerprint density at radius 3 is 2.71 bits per heavy atom. The van der Waals surface area contributed by atoms with Crippen molar-refractivity contribution in [1.29, 1.82) is 0 Å². The van der Waals surface area contributed by atoms with E-state index in [9.17, 15) is 18.0 Å². The van der Waals surface area contributed by atoms with E-state index in [1.807, 2.05) is 6.92 Å². The Bertz CT molecular complexity index is 1050. The van der Waals surface area contributed by atoms with Gasteiger partial charge in [0.05, 0.1) is 5.56 Å². The highest BCUT2D eigenvalue weighted by atomic mass is 32.2. The fourth-order valence-electron chi connectivity index (χ4n) is 3.61. The van der Waals surface area contributed by atoms with E-state index in [4.69, 9.17) is 0 Å². The van der Waals surface area contributed by atoms with Gasteiger partial charge in [-0.25, -0.2) is 8.42 Å². The van der Waals surface area contributed by atoms with Crippen LogP contribution in [0.1, 0.15) is 27.7 Å². The number of likely N-dealkylation sites (N-methyl/N-ethyl adjacent to an activating group) is 2. The minimum absolute atomic E-state index is 0.0460. The van der Waals surface area contributed by atoms with Crippen molar-refractivity contribution in [2.24, 2.45) is 0 Å². The Labute approximate surface area is 167 Å². The molecule has 0 spiro atoms. The normalized spacial score (nSPS) is 18.1. The molecule has 2 aliphatic rings. The van der Waals surface area contributed by atoms with Crippen molar-refractivity contribution in [1.82, 2.24) is 14.2 Å². The van der Waals surface area contributed by atoms with Crippen LogP contribution in [0.5, 0.6) is 0 Å². The van der Waals surface area contributed by atoms with Gasteiger partial charge in [0, 0.05) is 44.0 Å². The lowest BCUT2D eigenvalue weighted by Crippen LogP contribution is -2.38. The fourth-order valence-corrected chi connectivity index (χ4v) is 6.50. The Balaban J connectivity index is 1.75. The van der Waals surface area contributed by atoms with Gasteiger partial charge in [-0.1, -0.05) is 0 Å². The zero-order valence-corrected chi connectivity index (χ0v) is 17.2. The van der Waals surface area contributed by atoms with Gasteiger partial charge in [0.15, 0.2) is 0 Å². The standard InChI is InChI=1S/C18H20N4O4S2/c1-3-22-15(23)11-20(2)17(24)16-13-6-8-21(10-14(13)27-18(16)22)28(25,26)12-5-4-7-19-9-12/h4-5,7,9H,3,6,8,10-11H2,1-2H3. The molecule has 4 rings (SSSR count). The second-order valence-electron chi connectivity index (χ2n) is 6.76. The first kappa shape index (κ1) is 19.0. The molecule has 148 valence electrons. The van der Waals surface area contributed by atoms with Crippen LogP contribution < -0.4 is 4.90 Å². The second-order valence-corrected chi connectivity index (χ2v) is 9.78. The summed E-state index contributed by atoms with van der Waals surface area (Å²) in [7, 11) is -2.05. The van der Waals surface area contributed by atoms with Gasteiger partial charge in [0.2, 0.25) is 15.9 Å². The third-order valence-electron chi connectivity index (χ3n) is 5.07. The molecule has 2 aliphatic heterocycles. The van der Waals surface area contributed by atoms with Gasteiger partial charge in [-0.15, -0.1) is 11.3 Å². The zero-order chi connectivity index (χ0) is 20.1. The summed E-state index contributed by atoms with van der Waals surface area (Å²) in [6.45, 7) is 2.85. The van der Waals surface area contributed by atoms with Gasteiger partial charge in [-0.05, 0) is 31.0 Å². The Kier molecular flexibility index (Phi) is 4.72. The summed E-state index contributed by atoms with van der Waals surface area (Å²) in [5.74, 6) is -0.309. The number of fused-ring (bicyclic) bond motifs is 3. The van der Waals surface area contributed by atoms with Crippen LogP contribution in [0.4, 0.5) is 5.00 Å². The number of rotatable bonds is 3. The maximum Gasteiger partial charge on any atom is 0.257 e. The molecule has 0 bridgehead atoms. The number of thiophene rings is 1. The van der Waals surface area contributed by atoms with Gasteiger partial charge in [-0.3, -0.25) is 14.6 Å². The summed E-state index contributed by atoms with van der Waals surface area (Å²) in [5, 5.41) is 0.632. The van der Waals surface area contributed by atoms with Crippen molar-refractivity contribution in [3.8, 4) is 0 Å². The van der Waals surface area contributed by atoms with Crippen LogP contribution in [0.15, 0.2) is 29.4 Å². The van der Waals surface area contributed by atoms with Gasteiger partial charge in [-0.2, -0.15) is 4.31 Å². The Hall–Kier alpha value is -2.30. The molecule has 2 amide bonds. The van der Waals surface area contributed by atoms with Crippen molar-refractivity contribution < 1.29 is 18.0 Å². The summed E-state index contributed by atoms with van der Waals surface area (Å²) < 4.78 is 27.3. The highest BCUT2D eigenvalue weighted by Crippen LogP contribution is 2.42. The van der Waals surface area contributed by atoms with Gasteiger partial charge >= 0.3 is 0 Å². The number of nitrogens with zero attached hydrogens (tertiary/aromatic N) is 4. The fraction of sp³-hybridized carbons (Fsp3) is 0.389. The van der Waals surface area contributed by atoms with E-state index < -0.39 is 10.0 Å². The van der Waals surface area contributed by atoms with Gasteiger partial charge in [0.25, 0.3) is 5.91 Å². The van der Waals surface area contributed by atoms with Crippen molar-refractivity contribution >= 4 is 38.2 Å². The SMILES string of the molecule is CCN1C(=O)CN(C)C(=O)c2c1sc1c2CCN(S(=O)(=O)c2cccnc2)C1. The molecular weight excluding hydrogens is 400 g/mol. The van der Waals surface area contributed by atoms with E-state index in [2.05, 4.69) is 4.98 Å². The number of anilines is 1. The number of sulfonamides is 1. The van der Waals surface area contributed by atoms with E-state index in [1.165, 1.54) is 39.0 Å². The molecule has 0 N–H and O–H groups in total. The Morgan fingerprint density at radius 1 is 1.25 bits per heavy atom. The number of carbonyl (C=O) groups excluding carboxylic acids is 2. The lowest BCUT2D eigenvalue weighted by Gasteiger charge is -2.26. The lowest BCUT2D eigenvalue weighted by molar-refractivity contribution is -0.118. The first-order valence-corrected chi connectivity index (χ1v) is 11.2. The maximum atomic E-state index is 12.9. The van der Waals surface area contributed by atoms with E-state index in [0.29, 0.717) is 23.5 Å². The quantitative estimate of drug-likeness (QED) is 0.747. The van der Waals surface area contributed by atoms with Crippen LogP contribution in [0.3, 0.4) is 0 Å². The first-order chi connectivity index (χ1) is 13.3. The first-order valence-electron chi connectivity index (χ1n) is 8.95. The molecule has 28 heavy (non-hydrogen) atoms. The summed E-state index contributed by atoms with van der Waals surface area (Å²) in [4.78, 5) is 33.3. The number of pyridine rings is 1. The number of hydrogen-bond acceptors (Lipinski definition) is 6. The topological polar surface area (TPSA) is 90.9 Å². The molecule has 0 saturated carbocycles. The molecule has 2 aromatic rings. The smallest absolute Gasteiger partial charge is 0.257 e. The molecule has 0 atom stereocenters. The molecule has 4 heterocycles. The molecule has 2 aromatic heterocycles. The average Bonchev–Trinajstić information content (AvgIpc) is 3.02. The number of aromatic nitrogens is 1. The highest BCUT2D eigenvalue weighted by Gasteiger charge is 2.38. The summed E-state index contributed by atoms with van der Waals surface area (Å²) in [6.07, 6.45) is 3.30. The summed E-state index contributed by atoms with van der Waals surface area (Å²) in [6, 6.07) is 3.12. The van der Waals surface area contributed by atoms with Crippen LogP contribution in [-0.2, 0) is 27.8 Å². The van der Waals surface area contributed by atoms with Crippen molar-refractivity contribution in [2.45, 2.75) is 24.8 Å². The van der Waals surface area contributed by atoms with Crippen LogP contribution in [0.25, 0.3) is 0 Å². The van der Waals surface area contributed by atoms with Crippen molar-refractivity contribution in [2.75, 3.05) is 31.6 Å². The van der Waals surface area contributed by atoms with Crippen LogP contribution in [0.2, 0.25) is 0 Å². The molecule has 0 fully saturated rings. The van der Waals surface area contributed by atoms with Gasteiger partial charge in [0.1, 0.15) is 16.4 Å². The summed E-state index contributed by atoms with van der Waals surface area (Å²) >= 11 is 1.34.